The van der Waals surface area contributed by atoms with Crippen molar-refractivity contribution < 1.29 is 14.7 Å². The third kappa shape index (κ3) is 4.82. The average Bonchev–Trinajstić information content (AvgIpc) is 2.69. The van der Waals surface area contributed by atoms with Crippen LogP contribution in [0.3, 0.4) is 0 Å². The molecular formula is C22H27N3O3. The molecule has 0 spiro atoms. The molecule has 28 heavy (non-hydrogen) atoms. The van der Waals surface area contributed by atoms with Crippen molar-refractivity contribution in [3.8, 4) is 0 Å². The number of benzene rings is 2. The van der Waals surface area contributed by atoms with Crippen LogP contribution in [0.2, 0.25) is 0 Å². The number of anilines is 2. The van der Waals surface area contributed by atoms with E-state index >= 15 is 0 Å². The van der Waals surface area contributed by atoms with Crippen LogP contribution in [0.4, 0.5) is 11.4 Å². The number of aromatic carboxylic acids is 1. The molecule has 6 nitrogen and oxygen atoms in total. The molecule has 1 atom stereocenters. The Balaban J connectivity index is 1.69. The molecule has 1 saturated heterocycles. The van der Waals surface area contributed by atoms with Gasteiger partial charge in [0.25, 0.3) is 0 Å². The van der Waals surface area contributed by atoms with E-state index in [2.05, 4.69) is 10.2 Å². The minimum Gasteiger partial charge on any atom is -0.478 e. The van der Waals surface area contributed by atoms with Gasteiger partial charge in [0, 0.05) is 24.5 Å². The first-order valence-electron chi connectivity index (χ1n) is 9.70. The zero-order chi connectivity index (χ0) is 20.1. The molecule has 1 aliphatic heterocycles. The Morgan fingerprint density at radius 2 is 1.79 bits per heavy atom. The van der Waals surface area contributed by atoms with Crippen molar-refractivity contribution in [3.05, 3.63) is 59.2 Å². The minimum atomic E-state index is -0.975. The van der Waals surface area contributed by atoms with Gasteiger partial charge in [-0.2, -0.15) is 0 Å². The van der Waals surface area contributed by atoms with E-state index in [1.54, 1.807) is 12.1 Å². The van der Waals surface area contributed by atoms with E-state index in [0.29, 0.717) is 5.69 Å². The first-order valence-corrected chi connectivity index (χ1v) is 9.70. The van der Waals surface area contributed by atoms with E-state index < -0.39 is 5.97 Å². The van der Waals surface area contributed by atoms with Gasteiger partial charge in [-0.05, 0) is 67.6 Å². The van der Waals surface area contributed by atoms with Gasteiger partial charge in [-0.25, -0.2) is 4.79 Å². The molecule has 6 heteroatoms. The maximum absolute atomic E-state index is 12.5. The molecule has 2 aromatic rings. The molecule has 0 aromatic heterocycles. The molecule has 0 bridgehead atoms. The monoisotopic (exact) mass is 381 g/mol. The largest absolute Gasteiger partial charge is 0.478 e. The second kappa shape index (κ2) is 8.78. The second-order valence-electron chi connectivity index (χ2n) is 7.33. The Labute approximate surface area is 165 Å². The summed E-state index contributed by atoms with van der Waals surface area (Å²) in [6.45, 7) is 4.01. The predicted octanol–water partition coefficient (Wildman–Crippen LogP) is 3.38. The summed E-state index contributed by atoms with van der Waals surface area (Å²) in [6, 6.07) is 12.1. The average molecular weight is 381 g/mol. The summed E-state index contributed by atoms with van der Waals surface area (Å²) in [6.07, 6.45) is 3.81. The maximum Gasteiger partial charge on any atom is 0.335 e. The van der Waals surface area contributed by atoms with E-state index in [-0.39, 0.29) is 23.9 Å². The lowest BCUT2D eigenvalue weighted by Crippen LogP contribution is -2.33. The number of nitrogen functional groups attached to an aromatic ring is 1. The van der Waals surface area contributed by atoms with Crippen LogP contribution in [0.15, 0.2) is 42.5 Å². The highest BCUT2D eigenvalue weighted by molar-refractivity contribution is 5.87. The van der Waals surface area contributed by atoms with Crippen LogP contribution >= 0.6 is 0 Å². The lowest BCUT2D eigenvalue weighted by atomic mass is 10.0. The molecular weight excluding hydrogens is 354 g/mol. The molecule has 1 heterocycles. The van der Waals surface area contributed by atoms with Crippen molar-refractivity contribution in [2.75, 3.05) is 23.7 Å². The van der Waals surface area contributed by atoms with Crippen LogP contribution in [-0.2, 0) is 11.2 Å². The topological polar surface area (TPSA) is 95.7 Å². The highest BCUT2D eigenvalue weighted by atomic mass is 16.4. The molecule has 1 aliphatic rings. The lowest BCUT2D eigenvalue weighted by molar-refractivity contribution is -0.121. The lowest BCUT2D eigenvalue weighted by Gasteiger charge is -2.32. The molecule has 4 N–H and O–H groups in total. The van der Waals surface area contributed by atoms with Crippen molar-refractivity contribution in [2.45, 2.75) is 38.6 Å². The van der Waals surface area contributed by atoms with Gasteiger partial charge in [-0.3, -0.25) is 4.79 Å². The van der Waals surface area contributed by atoms with Gasteiger partial charge in [0.1, 0.15) is 0 Å². The standard InChI is InChI=1S/C22H27N3O3/c1-15(24-21(26)13-16-5-7-17(8-6-16)22(27)28)19-14-18(23)9-10-20(19)25-11-3-2-4-12-25/h5-10,14-15H,2-4,11-13,23H2,1H3,(H,24,26)(H,27,28). The van der Waals surface area contributed by atoms with Crippen molar-refractivity contribution in [3.63, 3.8) is 0 Å². The smallest absolute Gasteiger partial charge is 0.335 e. The Hall–Kier alpha value is -3.02. The fraction of sp³-hybridized carbons (Fsp3) is 0.364. The van der Waals surface area contributed by atoms with Crippen LogP contribution in [-0.4, -0.2) is 30.1 Å². The SMILES string of the molecule is CC(NC(=O)Cc1ccc(C(=O)O)cc1)c1cc(N)ccc1N1CCCCC1. The van der Waals surface area contributed by atoms with E-state index in [1.807, 2.05) is 25.1 Å². The number of nitrogens with one attached hydrogen (secondary N) is 1. The number of nitrogens with zero attached hydrogens (tertiary/aromatic N) is 1. The third-order valence-corrected chi connectivity index (χ3v) is 5.16. The molecule has 2 aromatic carbocycles. The molecule has 1 amide bonds. The number of carbonyl (C=O) groups is 2. The first kappa shape index (κ1) is 19.7. The fourth-order valence-corrected chi connectivity index (χ4v) is 3.66. The van der Waals surface area contributed by atoms with E-state index in [4.69, 9.17) is 10.8 Å². The molecule has 1 unspecified atom stereocenters. The number of carboxylic acids is 1. The van der Waals surface area contributed by atoms with Crippen LogP contribution < -0.4 is 16.0 Å². The predicted molar refractivity (Wildman–Crippen MR) is 111 cm³/mol. The van der Waals surface area contributed by atoms with Gasteiger partial charge in [0.2, 0.25) is 5.91 Å². The summed E-state index contributed by atoms with van der Waals surface area (Å²) < 4.78 is 0. The maximum atomic E-state index is 12.5. The number of hydrogen-bond donors (Lipinski definition) is 3. The van der Waals surface area contributed by atoms with Crippen LogP contribution in [0.1, 0.15) is 53.7 Å². The van der Waals surface area contributed by atoms with Gasteiger partial charge in [0.15, 0.2) is 0 Å². The molecule has 3 rings (SSSR count). The summed E-state index contributed by atoms with van der Waals surface area (Å²) >= 11 is 0. The quantitative estimate of drug-likeness (QED) is 0.667. The minimum absolute atomic E-state index is 0.109. The number of piperidine rings is 1. The van der Waals surface area contributed by atoms with Crippen molar-refractivity contribution >= 4 is 23.3 Å². The number of rotatable bonds is 6. The number of nitrogens with two attached hydrogens (primary N) is 1. The fourth-order valence-electron chi connectivity index (χ4n) is 3.66. The van der Waals surface area contributed by atoms with Crippen molar-refractivity contribution in [1.29, 1.82) is 0 Å². The van der Waals surface area contributed by atoms with E-state index in [0.717, 1.165) is 29.9 Å². The zero-order valence-electron chi connectivity index (χ0n) is 16.1. The van der Waals surface area contributed by atoms with Gasteiger partial charge in [-0.1, -0.05) is 12.1 Å². The summed E-state index contributed by atoms with van der Waals surface area (Å²) in [7, 11) is 0. The summed E-state index contributed by atoms with van der Waals surface area (Å²) in [4.78, 5) is 25.8. The van der Waals surface area contributed by atoms with Crippen LogP contribution in [0, 0.1) is 0 Å². The van der Waals surface area contributed by atoms with Gasteiger partial charge < -0.3 is 21.1 Å². The van der Waals surface area contributed by atoms with E-state index in [1.165, 1.54) is 31.4 Å². The van der Waals surface area contributed by atoms with Crippen molar-refractivity contribution in [1.82, 2.24) is 5.32 Å². The normalized spacial score (nSPS) is 15.1. The number of hydrogen-bond acceptors (Lipinski definition) is 4. The summed E-state index contributed by atoms with van der Waals surface area (Å²) in [5.74, 6) is -1.08. The number of amides is 1. The molecule has 148 valence electrons. The van der Waals surface area contributed by atoms with Crippen LogP contribution in [0.5, 0.6) is 0 Å². The Morgan fingerprint density at radius 3 is 2.43 bits per heavy atom. The molecule has 0 aliphatic carbocycles. The number of carbonyl (C=O) groups excluding carboxylic acids is 1. The van der Waals surface area contributed by atoms with E-state index in [9.17, 15) is 9.59 Å². The van der Waals surface area contributed by atoms with Gasteiger partial charge in [0.05, 0.1) is 18.0 Å². The second-order valence-corrected chi connectivity index (χ2v) is 7.33. The van der Waals surface area contributed by atoms with Crippen molar-refractivity contribution in [2.24, 2.45) is 0 Å². The van der Waals surface area contributed by atoms with Gasteiger partial charge in [-0.15, -0.1) is 0 Å². The summed E-state index contributed by atoms with van der Waals surface area (Å²) in [5.41, 5.74) is 9.83. The molecule has 0 radical (unpaired) electrons. The Morgan fingerprint density at radius 1 is 1.11 bits per heavy atom. The number of carboxylic acid groups (broad SMARTS) is 1. The summed E-state index contributed by atoms with van der Waals surface area (Å²) in [5, 5.41) is 12.0. The molecule has 0 saturated carbocycles. The third-order valence-electron chi connectivity index (χ3n) is 5.16. The highest BCUT2D eigenvalue weighted by Crippen LogP contribution is 2.30. The van der Waals surface area contributed by atoms with Crippen LogP contribution in [0.25, 0.3) is 0 Å². The van der Waals surface area contributed by atoms with Gasteiger partial charge >= 0.3 is 5.97 Å². The Kier molecular flexibility index (Phi) is 6.19. The molecule has 1 fully saturated rings. The Bertz CT molecular complexity index is 843. The zero-order valence-corrected chi connectivity index (χ0v) is 16.1. The highest BCUT2D eigenvalue weighted by Gasteiger charge is 2.19. The first-order chi connectivity index (χ1) is 13.4.